The van der Waals surface area contributed by atoms with Crippen LogP contribution in [0.25, 0.3) is 0 Å². The van der Waals surface area contributed by atoms with Crippen LogP contribution in [0.15, 0.2) is 54.7 Å². The van der Waals surface area contributed by atoms with Gasteiger partial charge in [0.15, 0.2) is 0 Å². The Bertz CT molecular complexity index is 832. The molecule has 1 atom stereocenters. The highest BCUT2D eigenvalue weighted by molar-refractivity contribution is 5.83. The molecule has 2 fully saturated rings. The number of hydrogen-bond donors (Lipinski definition) is 1. The molecule has 0 radical (unpaired) electrons. The quantitative estimate of drug-likeness (QED) is 0.820. The number of piperidine rings is 1. The molecule has 4 rings (SSSR count). The Labute approximate surface area is 172 Å². The van der Waals surface area contributed by atoms with Crippen LogP contribution in [-0.4, -0.2) is 34.8 Å². The van der Waals surface area contributed by atoms with E-state index in [0.29, 0.717) is 32.5 Å². The number of aromatic nitrogens is 1. The molecular weight excluding hydrogens is 362 g/mol. The van der Waals surface area contributed by atoms with E-state index in [1.807, 2.05) is 24.3 Å². The number of rotatable bonds is 6. The van der Waals surface area contributed by atoms with Gasteiger partial charge in [-0.05, 0) is 37.0 Å². The standard InChI is InChI=1S/C24H29N3O2/c28-22-12-11-19(16-27(22)17-21-10-4-7-15-25-21)23(29)26-18-24(13-5-6-14-24)20-8-2-1-3-9-20/h1-4,7-10,15,19H,5-6,11-14,16-18H2,(H,26,29)/t19-/m1/s1. The predicted molar refractivity (Wildman–Crippen MR) is 112 cm³/mol. The van der Waals surface area contributed by atoms with E-state index in [-0.39, 0.29) is 23.1 Å². The fourth-order valence-corrected chi connectivity index (χ4v) is 4.78. The van der Waals surface area contributed by atoms with Crippen LogP contribution >= 0.6 is 0 Å². The smallest absolute Gasteiger partial charge is 0.224 e. The molecule has 5 heteroatoms. The Morgan fingerprint density at radius 1 is 1.10 bits per heavy atom. The van der Waals surface area contributed by atoms with E-state index in [9.17, 15) is 9.59 Å². The molecule has 1 saturated heterocycles. The van der Waals surface area contributed by atoms with Crippen LogP contribution in [0.3, 0.4) is 0 Å². The molecule has 1 aromatic heterocycles. The minimum absolute atomic E-state index is 0.0506. The van der Waals surface area contributed by atoms with Crippen LogP contribution < -0.4 is 5.32 Å². The number of pyridine rings is 1. The second-order valence-corrected chi connectivity index (χ2v) is 8.40. The van der Waals surface area contributed by atoms with Crippen LogP contribution in [0.2, 0.25) is 0 Å². The molecule has 0 unspecified atom stereocenters. The summed E-state index contributed by atoms with van der Waals surface area (Å²) in [5, 5.41) is 3.24. The van der Waals surface area contributed by atoms with Gasteiger partial charge in [-0.15, -0.1) is 0 Å². The van der Waals surface area contributed by atoms with E-state index in [1.165, 1.54) is 18.4 Å². The van der Waals surface area contributed by atoms with Crippen molar-refractivity contribution in [3.63, 3.8) is 0 Å². The third-order valence-corrected chi connectivity index (χ3v) is 6.50. The number of benzene rings is 1. The maximum Gasteiger partial charge on any atom is 0.224 e. The lowest BCUT2D eigenvalue weighted by molar-refractivity contribution is -0.139. The Kier molecular flexibility index (Phi) is 5.93. The van der Waals surface area contributed by atoms with Crippen molar-refractivity contribution >= 4 is 11.8 Å². The predicted octanol–water partition coefficient (Wildman–Crippen LogP) is 3.45. The second-order valence-electron chi connectivity index (χ2n) is 8.40. The van der Waals surface area contributed by atoms with Gasteiger partial charge in [-0.3, -0.25) is 14.6 Å². The molecule has 1 aromatic carbocycles. The van der Waals surface area contributed by atoms with Gasteiger partial charge >= 0.3 is 0 Å². The summed E-state index contributed by atoms with van der Waals surface area (Å²) in [6, 6.07) is 16.3. The molecule has 2 amide bonds. The van der Waals surface area contributed by atoms with E-state index in [0.717, 1.165) is 18.5 Å². The van der Waals surface area contributed by atoms with Gasteiger partial charge in [-0.1, -0.05) is 49.2 Å². The first-order valence-electron chi connectivity index (χ1n) is 10.7. The van der Waals surface area contributed by atoms with E-state index < -0.39 is 0 Å². The van der Waals surface area contributed by atoms with Gasteiger partial charge in [0.05, 0.1) is 18.2 Å². The molecule has 0 spiro atoms. The Hall–Kier alpha value is -2.69. The van der Waals surface area contributed by atoms with Crippen molar-refractivity contribution in [1.82, 2.24) is 15.2 Å². The fraction of sp³-hybridized carbons (Fsp3) is 0.458. The number of hydrogen-bond acceptors (Lipinski definition) is 3. The van der Waals surface area contributed by atoms with E-state index in [1.54, 1.807) is 11.1 Å². The summed E-state index contributed by atoms with van der Waals surface area (Å²) in [6.45, 7) is 1.62. The van der Waals surface area contributed by atoms with E-state index in [4.69, 9.17) is 0 Å². The molecule has 0 bridgehead atoms. The Morgan fingerprint density at radius 3 is 2.59 bits per heavy atom. The van der Waals surface area contributed by atoms with E-state index in [2.05, 4.69) is 34.6 Å². The number of amides is 2. The van der Waals surface area contributed by atoms with Crippen LogP contribution in [0, 0.1) is 5.92 Å². The molecule has 2 heterocycles. The molecule has 5 nitrogen and oxygen atoms in total. The second kappa shape index (κ2) is 8.76. The average Bonchev–Trinajstić information content (AvgIpc) is 3.25. The molecule has 1 aliphatic carbocycles. The molecule has 1 N–H and O–H groups in total. The first-order chi connectivity index (χ1) is 14.2. The number of carbonyl (C=O) groups is 2. The lowest BCUT2D eigenvalue weighted by Gasteiger charge is -2.34. The first kappa shape index (κ1) is 19.6. The van der Waals surface area contributed by atoms with Crippen LogP contribution in [-0.2, 0) is 21.5 Å². The molecule has 1 saturated carbocycles. The zero-order valence-electron chi connectivity index (χ0n) is 16.8. The van der Waals surface area contributed by atoms with Crippen molar-refractivity contribution in [2.45, 2.75) is 50.5 Å². The molecule has 29 heavy (non-hydrogen) atoms. The monoisotopic (exact) mass is 391 g/mol. The summed E-state index contributed by atoms with van der Waals surface area (Å²) in [7, 11) is 0. The summed E-state index contributed by atoms with van der Waals surface area (Å²) in [5.74, 6) is 0.0348. The summed E-state index contributed by atoms with van der Waals surface area (Å²) >= 11 is 0. The number of carbonyl (C=O) groups excluding carboxylic acids is 2. The largest absolute Gasteiger partial charge is 0.355 e. The van der Waals surface area contributed by atoms with Crippen molar-refractivity contribution < 1.29 is 9.59 Å². The molecule has 2 aliphatic rings. The first-order valence-corrected chi connectivity index (χ1v) is 10.7. The maximum atomic E-state index is 13.0. The SMILES string of the molecule is O=C(NCC1(c2ccccc2)CCCC1)[C@@H]1CCC(=O)N(Cc2ccccn2)C1. The minimum Gasteiger partial charge on any atom is -0.355 e. The lowest BCUT2D eigenvalue weighted by atomic mass is 9.78. The zero-order valence-corrected chi connectivity index (χ0v) is 16.8. The topological polar surface area (TPSA) is 62.3 Å². The lowest BCUT2D eigenvalue weighted by Crippen LogP contribution is -2.48. The van der Waals surface area contributed by atoms with Gasteiger partial charge in [-0.25, -0.2) is 0 Å². The molecule has 2 aromatic rings. The molecule has 1 aliphatic heterocycles. The van der Waals surface area contributed by atoms with Crippen molar-refractivity contribution in [3.05, 3.63) is 66.0 Å². The van der Waals surface area contributed by atoms with Gasteiger partial charge in [0.25, 0.3) is 0 Å². The zero-order chi connectivity index (χ0) is 20.1. The average molecular weight is 392 g/mol. The summed E-state index contributed by atoms with van der Waals surface area (Å²) in [4.78, 5) is 31.4. The molecular formula is C24H29N3O2. The highest BCUT2D eigenvalue weighted by Crippen LogP contribution is 2.40. The normalized spacial score (nSPS) is 21.2. The summed E-state index contributed by atoms with van der Waals surface area (Å²) in [6.07, 6.45) is 7.44. The highest BCUT2D eigenvalue weighted by atomic mass is 16.2. The summed E-state index contributed by atoms with van der Waals surface area (Å²) < 4.78 is 0. The fourth-order valence-electron chi connectivity index (χ4n) is 4.78. The summed E-state index contributed by atoms with van der Waals surface area (Å²) in [5.41, 5.74) is 2.24. The third kappa shape index (κ3) is 4.50. The van der Waals surface area contributed by atoms with Crippen LogP contribution in [0.1, 0.15) is 49.8 Å². The highest BCUT2D eigenvalue weighted by Gasteiger charge is 2.37. The van der Waals surface area contributed by atoms with Gasteiger partial charge in [-0.2, -0.15) is 0 Å². The maximum absolute atomic E-state index is 13.0. The number of nitrogens with zero attached hydrogens (tertiary/aromatic N) is 2. The van der Waals surface area contributed by atoms with E-state index >= 15 is 0 Å². The van der Waals surface area contributed by atoms with Gasteiger partial charge in [0.2, 0.25) is 11.8 Å². The van der Waals surface area contributed by atoms with Crippen molar-refractivity contribution in [2.24, 2.45) is 5.92 Å². The third-order valence-electron chi connectivity index (χ3n) is 6.50. The van der Waals surface area contributed by atoms with Gasteiger partial charge in [0, 0.05) is 31.1 Å². The molecule has 152 valence electrons. The van der Waals surface area contributed by atoms with Crippen molar-refractivity contribution in [2.75, 3.05) is 13.1 Å². The van der Waals surface area contributed by atoms with Gasteiger partial charge in [0.1, 0.15) is 0 Å². The van der Waals surface area contributed by atoms with Crippen molar-refractivity contribution in [1.29, 1.82) is 0 Å². The Morgan fingerprint density at radius 2 is 1.86 bits per heavy atom. The minimum atomic E-state index is -0.148. The van der Waals surface area contributed by atoms with Crippen molar-refractivity contribution in [3.8, 4) is 0 Å². The van der Waals surface area contributed by atoms with Gasteiger partial charge < -0.3 is 10.2 Å². The number of likely N-dealkylation sites (tertiary alicyclic amines) is 1. The van der Waals surface area contributed by atoms with Crippen LogP contribution in [0.4, 0.5) is 0 Å². The number of nitrogens with one attached hydrogen (secondary N) is 1. The van der Waals surface area contributed by atoms with Crippen LogP contribution in [0.5, 0.6) is 0 Å². The Balaban J connectivity index is 1.38.